The standard InChI is InChI=1S/C13H27NO3/c1-11(2)14-8-6-7-12(15)16-9-10-17-13(3,4)5/h11,14H,6-10H2,1-5H3. The molecule has 0 aromatic carbocycles. The summed E-state index contributed by atoms with van der Waals surface area (Å²) >= 11 is 0. The number of hydrogen-bond donors (Lipinski definition) is 1. The highest BCUT2D eigenvalue weighted by atomic mass is 16.6. The molecule has 0 aliphatic rings. The van der Waals surface area contributed by atoms with Gasteiger partial charge in [0.15, 0.2) is 0 Å². The number of carbonyl (C=O) groups excluding carboxylic acids is 1. The predicted octanol–water partition coefficient (Wildman–Crippen LogP) is 2.12. The van der Waals surface area contributed by atoms with E-state index in [0.717, 1.165) is 13.0 Å². The molecular formula is C13H27NO3. The lowest BCUT2D eigenvalue weighted by Gasteiger charge is -2.19. The molecule has 0 fully saturated rings. The second-order valence-corrected chi connectivity index (χ2v) is 5.39. The SMILES string of the molecule is CC(C)NCCCC(=O)OCCOC(C)(C)C. The van der Waals surface area contributed by atoms with Crippen molar-refractivity contribution >= 4 is 5.97 Å². The monoisotopic (exact) mass is 245 g/mol. The lowest BCUT2D eigenvalue weighted by atomic mass is 10.2. The van der Waals surface area contributed by atoms with Crippen molar-refractivity contribution in [3.05, 3.63) is 0 Å². The second kappa shape index (κ2) is 8.48. The highest BCUT2D eigenvalue weighted by molar-refractivity contribution is 5.69. The zero-order valence-corrected chi connectivity index (χ0v) is 11.8. The molecule has 0 aromatic rings. The molecule has 17 heavy (non-hydrogen) atoms. The van der Waals surface area contributed by atoms with Gasteiger partial charge >= 0.3 is 5.97 Å². The molecule has 0 amide bonds. The Labute approximate surface area is 105 Å². The second-order valence-electron chi connectivity index (χ2n) is 5.39. The van der Waals surface area contributed by atoms with Crippen LogP contribution < -0.4 is 5.32 Å². The van der Waals surface area contributed by atoms with E-state index in [1.807, 2.05) is 20.8 Å². The average Bonchev–Trinajstić information content (AvgIpc) is 2.18. The van der Waals surface area contributed by atoms with Crippen LogP contribution in [0.2, 0.25) is 0 Å². The number of carbonyl (C=O) groups is 1. The molecule has 0 spiro atoms. The first-order valence-corrected chi connectivity index (χ1v) is 6.34. The van der Waals surface area contributed by atoms with Gasteiger partial charge in [-0.25, -0.2) is 0 Å². The van der Waals surface area contributed by atoms with Crippen molar-refractivity contribution in [1.82, 2.24) is 5.32 Å². The van der Waals surface area contributed by atoms with Gasteiger partial charge in [0, 0.05) is 12.5 Å². The quantitative estimate of drug-likeness (QED) is 0.525. The van der Waals surface area contributed by atoms with Crippen LogP contribution in [0, 0.1) is 0 Å². The molecule has 0 heterocycles. The number of ether oxygens (including phenoxy) is 2. The van der Waals surface area contributed by atoms with Crippen molar-refractivity contribution in [1.29, 1.82) is 0 Å². The first-order chi connectivity index (χ1) is 7.81. The Balaban J connectivity index is 3.35. The number of esters is 1. The molecule has 0 saturated heterocycles. The highest BCUT2D eigenvalue weighted by Crippen LogP contribution is 2.05. The van der Waals surface area contributed by atoms with Gasteiger partial charge in [0.1, 0.15) is 6.61 Å². The molecule has 102 valence electrons. The van der Waals surface area contributed by atoms with E-state index < -0.39 is 0 Å². The lowest BCUT2D eigenvalue weighted by Crippen LogP contribution is -2.25. The summed E-state index contributed by atoms with van der Waals surface area (Å²) < 4.78 is 10.5. The minimum Gasteiger partial charge on any atom is -0.463 e. The van der Waals surface area contributed by atoms with Gasteiger partial charge in [-0.3, -0.25) is 4.79 Å². The van der Waals surface area contributed by atoms with Gasteiger partial charge < -0.3 is 14.8 Å². The molecule has 0 radical (unpaired) electrons. The highest BCUT2D eigenvalue weighted by Gasteiger charge is 2.10. The van der Waals surface area contributed by atoms with Crippen LogP contribution in [0.4, 0.5) is 0 Å². The van der Waals surface area contributed by atoms with Gasteiger partial charge in [0.25, 0.3) is 0 Å². The maximum absolute atomic E-state index is 11.3. The first-order valence-electron chi connectivity index (χ1n) is 6.34. The van der Waals surface area contributed by atoms with E-state index >= 15 is 0 Å². The smallest absolute Gasteiger partial charge is 0.305 e. The average molecular weight is 245 g/mol. The lowest BCUT2D eigenvalue weighted by molar-refractivity contribution is -0.146. The zero-order chi connectivity index (χ0) is 13.3. The van der Waals surface area contributed by atoms with Gasteiger partial charge in [-0.1, -0.05) is 13.8 Å². The molecule has 0 aliphatic heterocycles. The number of nitrogens with one attached hydrogen (secondary N) is 1. The molecule has 0 atom stereocenters. The van der Waals surface area contributed by atoms with E-state index in [1.165, 1.54) is 0 Å². The minimum absolute atomic E-state index is 0.145. The molecule has 4 heteroatoms. The van der Waals surface area contributed by atoms with Crippen LogP contribution >= 0.6 is 0 Å². The maximum Gasteiger partial charge on any atom is 0.305 e. The zero-order valence-electron chi connectivity index (χ0n) is 11.8. The van der Waals surface area contributed by atoms with E-state index in [0.29, 0.717) is 25.7 Å². The van der Waals surface area contributed by atoms with Crippen LogP contribution in [0.5, 0.6) is 0 Å². The van der Waals surface area contributed by atoms with Crippen molar-refractivity contribution in [3.8, 4) is 0 Å². The van der Waals surface area contributed by atoms with Gasteiger partial charge in [0.2, 0.25) is 0 Å². The molecule has 1 N–H and O–H groups in total. The Hall–Kier alpha value is -0.610. The van der Waals surface area contributed by atoms with Crippen molar-refractivity contribution in [2.45, 2.75) is 59.1 Å². The van der Waals surface area contributed by atoms with E-state index in [-0.39, 0.29) is 11.6 Å². The van der Waals surface area contributed by atoms with Crippen molar-refractivity contribution in [3.63, 3.8) is 0 Å². The Morgan fingerprint density at radius 1 is 1.24 bits per heavy atom. The normalized spacial score (nSPS) is 11.9. The topological polar surface area (TPSA) is 47.6 Å². The Morgan fingerprint density at radius 3 is 2.41 bits per heavy atom. The fraction of sp³-hybridized carbons (Fsp3) is 0.923. The molecule has 4 nitrogen and oxygen atoms in total. The minimum atomic E-state index is -0.173. The van der Waals surface area contributed by atoms with E-state index in [4.69, 9.17) is 9.47 Å². The number of hydrogen-bond acceptors (Lipinski definition) is 4. The Morgan fingerprint density at radius 2 is 1.88 bits per heavy atom. The maximum atomic E-state index is 11.3. The first kappa shape index (κ1) is 16.4. The van der Waals surface area contributed by atoms with Crippen LogP contribution in [-0.4, -0.2) is 37.4 Å². The van der Waals surface area contributed by atoms with Crippen LogP contribution in [0.25, 0.3) is 0 Å². The summed E-state index contributed by atoms with van der Waals surface area (Å²) in [5.41, 5.74) is -0.173. The summed E-state index contributed by atoms with van der Waals surface area (Å²) in [6, 6.07) is 0.464. The summed E-state index contributed by atoms with van der Waals surface area (Å²) in [5, 5.41) is 3.26. The largest absolute Gasteiger partial charge is 0.463 e. The van der Waals surface area contributed by atoms with Gasteiger partial charge in [-0.2, -0.15) is 0 Å². The summed E-state index contributed by atoms with van der Waals surface area (Å²) in [5.74, 6) is -0.145. The fourth-order valence-electron chi connectivity index (χ4n) is 1.20. The third kappa shape index (κ3) is 13.3. The molecule has 0 bridgehead atoms. The van der Waals surface area contributed by atoms with Gasteiger partial charge in [-0.05, 0) is 33.7 Å². The van der Waals surface area contributed by atoms with Gasteiger partial charge in [0.05, 0.1) is 12.2 Å². The summed E-state index contributed by atoms with van der Waals surface area (Å²) in [7, 11) is 0. The Bertz CT molecular complexity index is 209. The third-order valence-corrected chi connectivity index (χ3v) is 1.99. The molecule has 0 saturated carbocycles. The third-order valence-electron chi connectivity index (χ3n) is 1.99. The van der Waals surface area contributed by atoms with Crippen LogP contribution in [-0.2, 0) is 14.3 Å². The van der Waals surface area contributed by atoms with Crippen LogP contribution in [0.1, 0.15) is 47.5 Å². The van der Waals surface area contributed by atoms with E-state index in [9.17, 15) is 4.79 Å². The van der Waals surface area contributed by atoms with Crippen molar-refractivity contribution < 1.29 is 14.3 Å². The number of rotatable bonds is 8. The van der Waals surface area contributed by atoms with Gasteiger partial charge in [-0.15, -0.1) is 0 Å². The molecule has 0 aromatic heterocycles. The molecular weight excluding hydrogens is 218 g/mol. The Kier molecular flexibility index (Phi) is 8.17. The molecule has 0 aliphatic carbocycles. The van der Waals surface area contributed by atoms with E-state index in [2.05, 4.69) is 19.2 Å². The summed E-state index contributed by atoms with van der Waals surface area (Å²) in [6.45, 7) is 11.8. The summed E-state index contributed by atoms with van der Waals surface area (Å²) in [4.78, 5) is 11.3. The van der Waals surface area contributed by atoms with Crippen molar-refractivity contribution in [2.24, 2.45) is 0 Å². The van der Waals surface area contributed by atoms with Crippen LogP contribution in [0.3, 0.4) is 0 Å². The summed E-state index contributed by atoms with van der Waals surface area (Å²) in [6.07, 6.45) is 1.28. The molecule has 0 rings (SSSR count). The predicted molar refractivity (Wildman–Crippen MR) is 69.0 cm³/mol. The van der Waals surface area contributed by atoms with Crippen molar-refractivity contribution in [2.75, 3.05) is 19.8 Å². The van der Waals surface area contributed by atoms with Crippen LogP contribution in [0.15, 0.2) is 0 Å². The molecule has 0 unspecified atom stereocenters. The van der Waals surface area contributed by atoms with E-state index in [1.54, 1.807) is 0 Å². The fourth-order valence-corrected chi connectivity index (χ4v) is 1.20.